The smallest absolute Gasteiger partial charge is 0.123 e. The van der Waals surface area contributed by atoms with Crippen molar-refractivity contribution in [1.29, 1.82) is 0 Å². The zero-order valence-corrected chi connectivity index (χ0v) is 11.8. The second-order valence-electron chi connectivity index (χ2n) is 5.70. The summed E-state index contributed by atoms with van der Waals surface area (Å²) >= 11 is 0. The fourth-order valence-corrected chi connectivity index (χ4v) is 3.68. The molecule has 2 fully saturated rings. The molecule has 1 saturated heterocycles. The van der Waals surface area contributed by atoms with E-state index in [2.05, 4.69) is 11.4 Å². The Labute approximate surface area is 115 Å². The molecule has 3 atom stereocenters. The van der Waals surface area contributed by atoms with Crippen molar-refractivity contribution in [3.05, 3.63) is 23.8 Å². The number of hydrogen-bond donors (Lipinski definition) is 1. The first kappa shape index (κ1) is 12.8. The van der Waals surface area contributed by atoms with Crippen LogP contribution in [0.4, 0.5) is 0 Å². The predicted molar refractivity (Wildman–Crippen MR) is 75.8 cm³/mol. The molecule has 3 unspecified atom stereocenters. The van der Waals surface area contributed by atoms with Gasteiger partial charge in [0, 0.05) is 17.6 Å². The van der Waals surface area contributed by atoms with Crippen molar-refractivity contribution >= 4 is 0 Å². The minimum absolute atomic E-state index is 0.407. The zero-order chi connectivity index (χ0) is 13.2. The molecule has 2 aliphatic rings. The lowest BCUT2D eigenvalue weighted by Gasteiger charge is -2.34. The van der Waals surface area contributed by atoms with Gasteiger partial charge < -0.3 is 14.8 Å². The van der Waals surface area contributed by atoms with E-state index in [1.165, 1.54) is 37.7 Å². The van der Waals surface area contributed by atoms with Crippen molar-refractivity contribution in [2.75, 3.05) is 14.2 Å². The monoisotopic (exact) mass is 261 g/mol. The topological polar surface area (TPSA) is 30.5 Å². The number of fused-ring (bicyclic) bond motifs is 1. The highest BCUT2D eigenvalue weighted by Crippen LogP contribution is 2.40. The molecule has 1 heterocycles. The quantitative estimate of drug-likeness (QED) is 0.905. The number of benzene rings is 1. The Morgan fingerprint density at radius 3 is 2.74 bits per heavy atom. The lowest BCUT2D eigenvalue weighted by atomic mass is 9.86. The highest BCUT2D eigenvalue weighted by Gasteiger charge is 2.34. The third-order valence-corrected chi connectivity index (χ3v) is 4.71. The van der Waals surface area contributed by atoms with Gasteiger partial charge >= 0.3 is 0 Å². The van der Waals surface area contributed by atoms with Crippen LogP contribution in [0.25, 0.3) is 0 Å². The van der Waals surface area contributed by atoms with E-state index in [-0.39, 0.29) is 0 Å². The molecule has 1 aliphatic heterocycles. The van der Waals surface area contributed by atoms with Crippen molar-refractivity contribution in [3.63, 3.8) is 0 Å². The molecule has 0 aromatic heterocycles. The van der Waals surface area contributed by atoms with Crippen molar-refractivity contribution in [2.45, 2.75) is 44.2 Å². The number of ether oxygens (including phenoxy) is 2. The second kappa shape index (κ2) is 5.41. The normalized spacial score (nSPS) is 29.9. The molecule has 1 aliphatic carbocycles. The molecule has 19 heavy (non-hydrogen) atoms. The standard InChI is InChI=1S/C16H23NO2/c1-18-12-7-9-16(19-2)13(10-12)15-8-6-11-4-3-5-14(11)17-15/h7,9-11,14-15,17H,3-6,8H2,1-2H3. The Hall–Kier alpha value is -1.22. The van der Waals surface area contributed by atoms with Crippen LogP contribution in [-0.4, -0.2) is 20.3 Å². The average molecular weight is 261 g/mol. The van der Waals surface area contributed by atoms with Crippen LogP contribution < -0.4 is 14.8 Å². The summed E-state index contributed by atoms with van der Waals surface area (Å²) in [5, 5.41) is 3.82. The average Bonchev–Trinajstić information content (AvgIpc) is 2.93. The van der Waals surface area contributed by atoms with Crippen molar-refractivity contribution in [1.82, 2.24) is 5.32 Å². The lowest BCUT2D eigenvalue weighted by Crippen LogP contribution is -2.40. The summed E-state index contributed by atoms with van der Waals surface area (Å²) in [5.41, 5.74) is 1.24. The van der Waals surface area contributed by atoms with E-state index in [0.29, 0.717) is 12.1 Å². The van der Waals surface area contributed by atoms with Crippen molar-refractivity contribution in [2.24, 2.45) is 5.92 Å². The number of rotatable bonds is 3. The molecule has 0 spiro atoms. The first-order valence-corrected chi connectivity index (χ1v) is 7.30. The first-order valence-electron chi connectivity index (χ1n) is 7.30. The van der Waals surface area contributed by atoms with Gasteiger partial charge in [-0.25, -0.2) is 0 Å². The molecule has 0 amide bonds. The van der Waals surface area contributed by atoms with E-state index in [4.69, 9.17) is 9.47 Å². The van der Waals surface area contributed by atoms with Crippen molar-refractivity contribution in [3.8, 4) is 11.5 Å². The maximum Gasteiger partial charge on any atom is 0.123 e. The number of methoxy groups -OCH3 is 2. The number of nitrogens with one attached hydrogen (secondary N) is 1. The number of piperidine rings is 1. The summed E-state index contributed by atoms with van der Waals surface area (Å²) in [4.78, 5) is 0. The Morgan fingerprint density at radius 1 is 1.05 bits per heavy atom. The summed E-state index contributed by atoms with van der Waals surface area (Å²) in [6, 6.07) is 7.20. The summed E-state index contributed by atoms with van der Waals surface area (Å²) in [6.45, 7) is 0. The third kappa shape index (κ3) is 2.44. The Bertz CT molecular complexity index is 446. The van der Waals surface area contributed by atoms with Crippen LogP contribution >= 0.6 is 0 Å². The highest BCUT2D eigenvalue weighted by atomic mass is 16.5. The Balaban J connectivity index is 1.84. The molecule has 1 N–H and O–H groups in total. The van der Waals surface area contributed by atoms with Gasteiger partial charge in [-0.2, -0.15) is 0 Å². The summed E-state index contributed by atoms with van der Waals surface area (Å²) in [7, 11) is 3.46. The molecule has 3 nitrogen and oxygen atoms in total. The van der Waals surface area contributed by atoms with Gasteiger partial charge in [0.25, 0.3) is 0 Å². The van der Waals surface area contributed by atoms with Crippen LogP contribution in [0.1, 0.15) is 43.7 Å². The maximum atomic E-state index is 5.51. The second-order valence-corrected chi connectivity index (χ2v) is 5.70. The minimum Gasteiger partial charge on any atom is -0.497 e. The predicted octanol–water partition coefficient (Wildman–Crippen LogP) is 3.30. The molecule has 3 heteroatoms. The van der Waals surface area contributed by atoms with Crippen LogP contribution in [0.15, 0.2) is 18.2 Å². The van der Waals surface area contributed by atoms with Gasteiger partial charge in [-0.1, -0.05) is 6.42 Å². The molecule has 1 saturated carbocycles. The van der Waals surface area contributed by atoms with E-state index in [1.54, 1.807) is 14.2 Å². The van der Waals surface area contributed by atoms with Crippen LogP contribution in [0.5, 0.6) is 11.5 Å². The molecule has 0 radical (unpaired) electrons. The van der Waals surface area contributed by atoms with Gasteiger partial charge in [0.1, 0.15) is 11.5 Å². The summed E-state index contributed by atoms with van der Waals surface area (Å²) in [5.74, 6) is 2.77. The van der Waals surface area contributed by atoms with E-state index in [9.17, 15) is 0 Å². The summed E-state index contributed by atoms with van der Waals surface area (Å²) in [6.07, 6.45) is 6.64. The largest absolute Gasteiger partial charge is 0.497 e. The Kier molecular flexibility index (Phi) is 3.65. The molecule has 104 valence electrons. The molecular weight excluding hydrogens is 238 g/mol. The molecule has 0 bridgehead atoms. The third-order valence-electron chi connectivity index (χ3n) is 4.71. The number of hydrogen-bond acceptors (Lipinski definition) is 3. The van der Waals surface area contributed by atoms with Gasteiger partial charge in [-0.15, -0.1) is 0 Å². The first-order chi connectivity index (χ1) is 9.31. The van der Waals surface area contributed by atoms with Crippen LogP contribution in [0, 0.1) is 5.92 Å². The van der Waals surface area contributed by atoms with Gasteiger partial charge in [0.15, 0.2) is 0 Å². The zero-order valence-electron chi connectivity index (χ0n) is 11.8. The van der Waals surface area contributed by atoms with Gasteiger partial charge in [-0.05, 0) is 49.8 Å². The van der Waals surface area contributed by atoms with Crippen LogP contribution in [-0.2, 0) is 0 Å². The SMILES string of the molecule is COc1ccc(OC)c(C2CCC3CCCC3N2)c1. The van der Waals surface area contributed by atoms with E-state index < -0.39 is 0 Å². The van der Waals surface area contributed by atoms with Crippen LogP contribution in [0.3, 0.4) is 0 Å². The van der Waals surface area contributed by atoms with Gasteiger partial charge in [0.2, 0.25) is 0 Å². The fraction of sp³-hybridized carbons (Fsp3) is 0.625. The van der Waals surface area contributed by atoms with E-state index in [1.807, 2.05) is 12.1 Å². The maximum absolute atomic E-state index is 5.51. The summed E-state index contributed by atoms with van der Waals surface area (Å²) < 4.78 is 10.9. The molecule has 1 aromatic carbocycles. The van der Waals surface area contributed by atoms with Gasteiger partial charge in [0.05, 0.1) is 14.2 Å². The molecular formula is C16H23NO2. The van der Waals surface area contributed by atoms with E-state index >= 15 is 0 Å². The highest BCUT2D eigenvalue weighted by molar-refractivity contribution is 5.42. The van der Waals surface area contributed by atoms with E-state index in [0.717, 1.165) is 17.4 Å². The fourth-order valence-electron chi connectivity index (χ4n) is 3.68. The van der Waals surface area contributed by atoms with Crippen molar-refractivity contribution < 1.29 is 9.47 Å². The van der Waals surface area contributed by atoms with Gasteiger partial charge in [-0.3, -0.25) is 0 Å². The van der Waals surface area contributed by atoms with Crippen LogP contribution in [0.2, 0.25) is 0 Å². The Morgan fingerprint density at radius 2 is 1.95 bits per heavy atom. The molecule has 3 rings (SSSR count). The lowest BCUT2D eigenvalue weighted by molar-refractivity contribution is 0.256. The molecule has 1 aromatic rings. The minimum atomic E-state index is 0.407.